The third kappa shape index (κ3) is 4.97. The summed E-state index contributed by atoms with van der Waals surface area (Å²) >= 11 is 0. The second-order valence-corrected chi connectivity index (χ2v) is 10.1. The van der Waals surface area contributed by atoms with Gasteiger partial charge in [-0.3, -0.25) is 9.59 Å². The van der Waals surface area contributed by atoms with Crippen LogP contribution in [-0.4, -0.2) is 73.5 Å². The van der Waals surface area contributed by atoms with Gasteiger partial charge in [0.2, 0.25) is 0 Å². The van der Waals surface area contributed by atoms with Crippen molar-refractivity contribution in [3.63, 3.8) is 0 Å². The summed E-state index contributed by atoms with van der Waals surface area (Å²) in [6, 6.07) is 14.5. The monoisotopic (exact) mass is 498 g/mol. The van der Waals surface area contributed by atoms with Crippen LogP contribution in [0.5, 0.6) is 0 Å². The highest BCUT2D eigenvalue weighted by molar-refractivity contribution is 6.36. The summed E-state index contributed by atoms with van der Waals surface area (Å²) in [5, 5.41) is 3.03. The number of fused-ring (bicyclic) bond motifs is 1. The SMILES string of the molecule is Cc1[nH]c(/C=C2\C(=O)Nc3cccc(-c4cccc(CCN(C)C)c4)c32)c(C)c1C(=O)N1CCOCC1. The summed E-state index contributed by atoms with van der Waals surface area (Å²) in [6.07, 6.45) is 2.84. The van der Waals surface area contributed by atoms with E-state index < -0.39 is 0 Å². The normalized spacial score (nSPS) is 16.4. The number of nitrogens with zero attached hydrogens (tertiary/aromatic N) is 2. The number of benzene rings is 2. The fraction of sp³-hybridized carbons (Fsp3) is 0.333. The molecule has 3 heterocycles. The number of hydrogen-bond acceptors (Lipinski definition) is 4. The van der Waals surface area contributed by atoms with Crippen molar-refractivity contribution in [1.29, 1.82) is 0 Å². The van der Waals surface area contributed by atoms with E-state index in [1.54, 1.807) is 0 Å². The van der Waals surface area contributed by atoms with Gasteiger partial charge in [-0.1, -0.05) is 36.4 Å². The molecule has 5 rings (SSSR count). The van der Waals surface area contributed by atoms with E-state index in [-0.39, 0.29) is 11.8 Å². The minimum absolute atomic E-state index is 0.00528. The molecule has 2 aliphatic heterocycles. The second kappa shape index (κ2) is 10.4. The van der Waals surface area contributed by atoms with E-state index in [9.17, 15) is 9.59 Å². The Hall–Kier alpha value is -3.68. The summed E-state index contributed by atoms with van der Waals surface area (Å²) in [5.41, 5.74) is 8.76. The van der Waals surface area contributed by atoms with Crippen molar-refractivity contribution < 1.29 is 14.3 Å². The number of carbonyl (C=O) groups is 2. The number of likely N-dealkylation sites (N-methyl/N-ethyl adjacent to an activating group) is 1. The van der Waals surface area contributed by atoms with Crippen LogP contribution in [0.3, 0.4) is 0 Å². The summed E-state index contributed by atoms with van der Waals surface area (Å²) in [6.45, 7) is 7.12. The van der Waals surface area contributed by atoms with Crippen molar-refractivity contribution >= 4 is 29.2 Å². The van der Waals surface area contributed by atoms with Gasteiger partial charge in [-0.15, -0.1) is 0 Å². The number of anilines is 1. The maximum atomic E-state index is 13.3. The lowest BCUT2D eigenvalue weighted by Crippen LogP contribution is -2.41. The number of aromatic amines is 1. The standard InChI is InChI=1S/C30H34N4O3/c1-19-26(31-20(2)27(19)30(36)34-13-15-37-16-14-34)18-24-28-23(9-6-10-25(28)32-29(24)35)22-8-5-7-21(17-22)11-12-33(3)4/h5-10,17-18,31H,11-16H2,1-4H3,(H,32,35)/b24-18-. The maximum absolute atomic E-state index is 13.3. The molecular weight excluding hydrogens is 464 g/mol. The molecule has 7 heteroatoms. The van der Waals surface area contributed by atoms with Crippen LogP contribution in [-0.2, 0) is 16.0 Å². The molecular formula is C30H34N4O3. The van der Waals surface area contributed by atoms with E-state index in [0.717, 1.165) is 52.3 Å². The summed E-state index contributed by atoms with van der Waals surface area (Å²) < 4.78 is 5.41. The molecule has 0 saturated carbocycles. The van der Waals surface area contributed by atoms with Gasteiger partial charge in [0.1, 0.15) is 0 Å². The highest BCUT2D eigenvalue weighted by atomic mass is 16.5. The van der Waals surface area contributed by atoms with Gasteiger partial charge >= 0.3 is 0 Å². The minimum atomic E-state index is -0.140. The van der Waals surface area contributed by atoms with Crippen molar-refractivity contribution in [3.05, 3.63) is 76.1 Å². The average Bonchev–Trinajstić information content (AvgIpc) is 3.37. The third-order valence-electron chi connectivity index (χ3n) is 7.19. The van der Waals surface area contributed by atoms with Crippen LogP contribution in [0.15, 0.2) is 42.5 Å². The summed E-state index contributed by atoms with van der Waals surface area (Å²) in [4.78, 5) is 33.8. The van der Waals surface area contributed by atoms with Gasteiger partial charge in [-0.2, -0.15) is 0 Å². The van der Waals surface area contributed by atoms with Crippen LogP contribution < -0.4 is 5.32 Å². The van der Waals surface area contributed by atoms with E-state index in [1.165, 1.54) is 5.56 Å². The quantitative estimate of drug-likeness (QED) is 0.495. The molecule has 1 fully saturated rings. The Labute approximate surface area is 218 Å². The topological polar surface area (TPSA) is 77.7 Å². The predicted molar refractivity (Wildman–Crippen MR) is 148 cm³/mol. The molecule has 0 unspecified atom stereocenters. The fourth-order valence-corrected chi connectivity index (χ4v) is 5.18. The van der Waals surface area contributed by atoms with Crippen LogP contribution >= 0.6 is 0 Å². The van der Waals surface area contributed by atoms with E-state index in [1.807, 2.05) is 37.0 Å². The van der Waals surface area contributed by atoms with Crippen molar-refractivity contribution in [3.8, 4) is 11.1 Å². The highest BCUT2D eigenvalue weighted by Gasteiger charge is 2.29. The zero-order valence-corrected chi connectivity index (χ0v) is 22.0. The zero-order chi connectivity index (χ0) is 26.1. The number of hydrogen-bond donors (Lipinski definition) is 2. The first-order valence-corrected chi connectivity index (χ1v) is 12.8. The van der Waals surface area contributed by atoms with Crippen LogP contribution in [0, 0.1) is 13.8 Å². The van der Waals surface area contributed by atoms with Crippen molar-refractivity contribution in [1.82, 2.24) is 14.8 Å². The van der Waals surface area contributed by atoms with Crippen molar-refractivity contribution in [2.75, 3.05) is 52.3 Å². The molecule has 0 spiro atoms. The van der Waals surface area contributed by atoms with E-state index >= 15 is 0 Å². The number of ether oxygens (including phenoxy) is 1. The number of H-pyrrole nitrogens is 1. The van der Waals surface area contributed by atoms with Gasteiger partial charge in [-0.05, 0) is 68.8 Å². The molecule has 37 heavy (non-hydrogen) atoms. The third-order valence-corrected chi connectivity index (χ3v) is 7.19. The molecule has 0 radical (unpaired) electrons. The van der Waals surface area contributed by atoms with Crippen LogP contribution in [0.25, 0.3) is 22.8 Å². The summed E-state index contributed by atoms with van der Waals surface area (Å²) in [7, 11) is 4.15. The van der Waals surface area contributed by atoms with Gasteiger partial charge in [0.15, 0.2) is 0 Å². The molecule has 1 saturated heterocycles. The zero-order valence-electron chi connectivity index (χ0n) is 22.0. The molecule has 0 aliphatic carbocycles. The molecule has 2 N–H and O–H groups in total. The van der Waals surface area contributed by atoms with Gasteiger partial charge in [0.25, 0.3) is 11.8 Å². The van der Waals surface area contributed by atoms with Crippen LogP contribution in [0.2, 0.25) is 0 Å². The molecule has 2 amide bonds. The molecule has 192 valence electrons. The number of morpholine rings is 1. The van der Waals surface area contributed by atoms with Crippen molar-refractivity contribution in [2.24, 2.45) is 0 Å². The molecule has 2 aromatic carbocycles. The Balaban J connectivity index is 1.53. The van der Waals surface area contributed by atoms with Gasteiger partial charge in [0.05, 0.1) is 24.4 Å². The first-order valence-electron chi connectivity index (χ1n) is 12.8. The molecule has 0 bridgehead atoms. The van der Waals surface area contributed by atoms with E-state index in [0.29, 0.717) is 37.4 Å². The Morgan fingerprint density at radius 1 is 1.11 bits per heavy atom. The first-order chi connectivity index (χ1) is 17.8. The Morgan fingerprint density at radius 2 is 1.86 bits per heavy atom. The Morgan fingerprint density at radius 3 is 2.62 bits per heavy atom. The van der Waals surface area contributed by atoms with E-state index in [4.69, 9.17) is 4.74 Å². The highest BCUT2D eigenvalue weighted by Crippen LogP contribution is 2.41. The average molecular weight is 499 g/mol. The number of rotatable bonds is 6. The largest absolute Gasteiger partial charge is 0.378 e. The molecule has 1 aromatic heterocycles. The smallest absolute Gasteiger partial charge is 0.256 e. The number of aryl methyl sites for hydroxylation is 1. The molecule has 7 nitrogen and oxygen atoms in total. The lowest BCUT2D eigenvalue weighted by molar-refractivity contribution is -0.110. The van der Waals surface area contributed by atoms with Crippen LogP contribution in [0.1, 0.15) is 38.4 Å². The number of carbonyl (C=O) groups excluding carboxylic acids is 2. The molecule has 3 aromatic rings. The lowest BCUT2D eigenvalue weighted by atomic mass is 9.93. The molecule has 0 atom stereocenters. The number of nitrogens with one attached hydrogen (secondary N) is 2. The van der Waals surface area contributed by atoms with Gasteiger partial charge < -0.3 is 24.8 Å². The minimum Gasteiger partial charge on any atom is -0.378 e. The van der Waals surface area contributed by atoms with E-state index in [2.05, 4.69) is 59.6 Å². The lowest BCUT2D eigenvalue weighted by Gasteiger charge is -2.27. The maximum Gasteiger partial charge on any atom is 0.256 e. The van der Waals surface area contributed by atoms with Crippen LogP contribution in [0.4, 0.5) is 5.69 Å². The van der Waals surface area contributed by atoms with Crippen molar-refractivity contribution in [2.45, 2.75) is 20.3 Å². The predicted octanol–water partition coefficient (Wildman–Crippen LogP) is 4.37. The Kier molecular flexibility index (Phi) is 7.00. The van der Waals surface area contributed by atoms with Gasteiger partial charge in [-0.25, -0.2) is 0 Å². The molecule has 2 aliphatic rings. The summed E-state index contributed by atoms with van der Waals surface area (Å²) in [5.74, 6) is -0.135. The van der Waals surface area contributed by atoms with Gasteiger partial charge in [0, 0.05) is 42.3 Å². The number of amides is 2. The fourth-order valence-electron chi connectivity index (χ4n) is 5.18. The number of aromatic nitrogens is 1. The Bertz CT molecular complexity index is 1380. The second-order valence-electron chi connectivity index (χ2n) is 10.1. The first kappa shape index (κ1) is 25.0.